The predicted octanol–water partition coefficient (Wildman–Crippen LogP) is 12.7. The van der Waals surface area contributed by atoms with Crippen LogP contribution >= 0.6 is 0 Å². The molecule has 0 spiro atoms. The molecule has 0 saturated heterocycles. The molecule has 1 aliphatic carbocycles. The van der Waals surface area contributed by atoms with Crippen LogP contribution in [0.3, 0.4) is 0 Å². The van der Waals surface area contributed by atoms with E-state index < -0.39 is 0 Å². The van der Waals surface area contributed by atoms with Crippen molar-refractivity contribution in [2.45, 2.75) is 102 Å². The Morgan fingerprint density at radius 3 is 1.68 bits per heavy atom. The van der Waals surface area contributed by atoms with E-state index >= 15 is 0 Å². The minimum absolute atomic E-state index is 0.216. The molecular formula is C40H58. The summed E-state index contributed by atoms with van der Waals surface area (Å²) in [6.45, 7) is 26.9. The smallest absolute Gasteiger partial charge is 0.00257 e. The zero-order valence-electron chi connectivity index (χ0n) is 27.9. The van der Waals surface area contributed by atoms with Crippen LogP contribution in [0.4, 0.5) is 0 Å². The summed E-state index contributed by atoms with van der Waals surface area (Å²) in [4.78, 5) is 0. The van der Waals surface area contributed by atoms with Crippen molar-refractivity contribution in [3.05, 3.63) is 130 Å². The summed E-state index contributed by atoms with van der Waals surface area (Å²) in [6.07, 6.45) is 36.7. The normalized spacial score (nSPS) is 19.9. The second-order valence-electron chi connectivity index (χ2n) is 13.2. The fourth-order valence-electron chi connectivity index (χ4n) is 5.12. The molecule has 0 N–H and O–H groups in total. The van der Waals surface area contributed by atoms with Gasteiger partial charge in [-0.05, 0) is 84.1 Å². The number of hydrogen-bond donors (Lipinski definition) is 0. The molecule has 0 amide bonds. The predicted molar refractivity (Wildman–Crippen MR) is 183 cm³/mol. The average molecular weight is 539 g/mol. The van der Waals surface area contributed by atoms with Crippen molar-refractivity contribution in [3.63, 3.8) is 0 Å². The summed E-state index contributed by atoms with van der Waals surface area (Å²) < 4.78 is 0. The van der Waals surface area contributed by atoms with Gasteiger partial charge in [-0.2, -0.15) is 0 Å². The quantitative estimate of drug-likeness (QED) is 0.181. The molecule has 0 radical (unpaired) electrons. The van der Waals surface area contributed by atoms with Crippen molar-refractivity contribution in [3.8, 4) is 0 Å². The van der Waals surface area contributed by atoms with Gasteiger partial charge in [-0.25, -0.2) is 0 Å². The van der Waals surface area contributed by atoms with Gasteiger partial charge in [-0.1, -0.05) is 159 Å². The molecule has 0 heteroatoms. The first-order valence-electron chi connectivity index (χ1n) is 15.1. The molecule has 1 rings (SSSR count). The zero-order chi connectivity index (χ0) is 30.3. The van der Waals surface area contributed by atoms with Crippen LogP contribution in [0.1, 0.15) is 102 Å². The SMILES string of the molecule is C/C=C(/C)C(/C=C/C(C)=C/C=C/C(C)=C/C=C/C=C(C)/C=C/C=C(C)/C=C/C1=C(C)CCCC1(C)C)C(C)(C)C. The molecule has 1 unspecified atom stereocenters. The summed E-state index contributed by atoms with van der Waals surface area (Å²) in [7, 11) is 0. The number of hydrogen-bond acceptors (Lipinski definition) is 0. The van der Waals surface area contributed by atoms with Gasteiger partial charge in [-0.3, -0.25) is 0 Å². The zero-order valence-corrected chi connectivity index (χ0v) is 27.9. The van der Waals surface area contributed by atoms with Gasteiger partial charge in [0, 0.05) is 5.92 Å². The summed E-state index contributed by atoms with van der Waals surface area (Å²) in [6, 6.07) is 0. The summed E-state index contributed by atoms with van der Waals surface area (Å²) in [5.74, 6) is 0.445. The van der Waals surface area contributed by atoms with Gasteiger partial charge < -0.3 is 0 Å². The van der Waals surface area contributed by atoms with Gasteiger partial charge in [0.25, 0.3) is 0 Å². The van der Waals surface area contributed by atoms with Gasteiger partial charge >= 0.3 is 0 Å². The van der Waals surface area contributed by atoms with Crippen molar-refractivity contribution in [1.29, 1.82) is 0 Å². The van der Waals surface area contributed by atoms with Crippen molar-refractivity contribution in [2.75, 3.05) is 0 Å². The van der Waals surface area contributed by atoms with Gasteiger partial charge in [0.2, 0.25) is 0 Å². The van der Waals surface area contributed by atoms with Crippen LogP contribution < -0.4 is 0 Å². The van der Waals surface area contributed by atoms with Crippen molar-refractivity contribution >= 4 is 0 Å². The summed E-state index contributed by atoms with van der Waals surface area (Å²) >= 11 is 0. The van der Waals surface area contributed by atoms with Crippen LogP contribution in [0.5, 0.6) is 0 Å². The Kier molecular flexibility index (Phi) is 15.0. The molecule has 1 aliphatic rings. The van der Waals surface area contributed by atoms with E-state index in [4.69, 9.17) is 0 Å². The van der Waals surface area contributed by atoms with Gasteiger partial charge in [0.15, 0.2) is 0 Å². The van der Waals surface area contributed by atoms with Crippen LogP contribution in [0.15, 0.2) is 130 Å². The largest absolute Gasteiger partial charge is 0.0881 e. The molecule has 0 saturated carbocycles. The second-order valence-corrected chi connectivity index (χ2v) is 13.2. The van der Waals surface area contributed by atoms with E-state index in [0.717, 1.165) is 0 Å². The highest BCUT2D eigenvalue weighted by Gasteiger charge is 2.26. The third-order valence-electron chi connectivity index (χ3n) is 7.75. The highest BCUT2D eigenvalue weighted by molar-refractivity contribution is 5.37. The van der Waals surface area contributed by atoms with Crippen LogP contribution in [-0.2, 0) is 0 Å². The standard InChI is InChI=1S/C40H58/c1-13-35(6)37(39(8,9)10)28-26-33(4)23-16-21-31(2)19-14-15-20-32(3)22-17-24-34(5)27-29-38-36(7)25-18-30-40(38,11)12/h13-17,19-24,26-29,37H,18,25,30H2,1-12H3/b15-14+,21-16+,22-17+,28-26+,29-27+,31-19+,32-20+,33-23+,34-24+,35-13-. The van der Waals surface area contributed by atoms with Crippen LogP contribution in [0.2, 0.25) is 0 Å². The lowest BCUT2D eigenvalue weighted by Gasteiger charge is -2.32. The highest BCUT2D eigenvalue weighted by atomic mass is 14.3. The van der Waals surface area contributed by atoms with Gasteiger partial charge in [0.1, 0.15) is 0 Å². The summed E-state index contributed by atoms with van der Waals surface area (Å²) in [5.41, 5.74) is 9.97. The van der Waals surface area contributed by atoms with E-state index in [1.807, 2.05) is 0 Å². The topological polar surface area (TPSA) is 0 Å². The Bertz CT molecular complexity index is 1160. The third-order valence-corrected chi connectivity index (χ3v) is 7.75. The third kappa shape index (κ3) is 13.5. The Morgan fingerprint density at radius 2 is 1.20 bits per heavy atom. The molecule has 40 heavy (non-hydrogen) atoms. The molecule has 0 heterocycles. The van der Waals surface area contributed by atoms with E-state index in [-0.39, 0.29) is 10.8 Å². The fourth-order valence-corrected chi connectivity index (χ4v) is 5.12. The van der Waals surface area contributed by atoms with E-state index in [0.29, 0.717) is 5.92 Å². The highest BCUT2D eigenvalue weighted by Crippen LogP contribution is 2.40. The van der Waals surface area contributed by atoms with Gasteiger partial charge in [0.05, 0.1) is 0 Å². The maximum absolute atomic E-state index is 2.37. The van der Waals surface area contributed by atoms with Crippen LogP contribution in [0, 0.1) is 16.7 Å². The van der Waals surface area contributed by atoms with E-state index in [1.54, 1.807) is 5.57 Å². The monoisotopic (exact) mass is 538 g/mol. The van der Waals surface area contributed by atoms with Crippen molar-refractivity contribution in [1.82, 2.24) is 0 Å². The molecule has 218 valence electrons. The van der Waals surface area contributed by atoms with Crippen LogP contribution in [0.25, 0.3) is 0 Å². The lowest BCUT2D eigenvalue weighted by molar-refractivity contribution is 0.330. The first kappa shape index (κ1) is 35.2. The minimum Gasteiger partial charge on any atom is -0.0881 e. The molecule has 0 aliphatic heterocycles. The molecule has 0 aromatic rings. The lowest BCUT2D eigenvalue weighted by Crippen LogP contribution is -2.19. The Balaban J connectivity index is 2.69. The number of allylic oxidation sites excluding steroid dienone is 22. The van der Waals surface area contributed by atoms with E-state index in [9.17, 15) is 0 Å². The van der Waals surface area contributed by atoms with Gasteiger partial charge in [-0.15, -0.1) is 0 Å². The second kappa shape index (κ2) is 17.1. The molecule has 0 bridgehead atoms. The fraction of sp³-hybridized carbons (Fsp3) is 0.450. The maximum atomic E-state index is 2.37. The van der Waals surface area contributed by atoms with Crippen molar-refractivity contribution in [2.24, 2.45) is 16.7 Å². The average Bonchev–Trinajstić information content (AvgIpc) is 2.85. The Labute approximate surface area is 248 Å². The molecule has 0 aromatic heterocycles. The molecular weight excluding hydrogens is 480 g/mol. The first-order chi connectivity index (χ1) is 18.7. The minimum atomic E-state index is 0.216. The maximum Gasteiger partial charge on any atom is 0.00257 e. The van der Waals surface area contributed by atoms with Crippen LogP contribution in [-0.4, -0.2) is 0 Å². The lowest BCUT2D eigenvalue weighted by atomic mass is 9.72. The van der Waals surface area contributed by atoms with E-state index in [1.165, 1.54) is 52.7 Å². The molecule has 0 fully saturated rings. The molecule has 1 atom stereocenters. The first-order valence-corrected chi connectivity index (χ1v) is 15.1. The summed E-state index contributed by atoms with van der Waals surface area (Å²) in [5, 5.41) is 0. The number of rotatable bonds is 11. The Hall–Kier alpha value is -2.86. The van der Waals surface area contributed by atoms with E-state index in [2.05, 4.69) is 174 Å². The Morgan fingerprint density at radius 1 is 0.725 bits per heavy atom. The molecule has 0 aromatic carbocycles. The van der Waals surface area contributed by atoms with Crippen molar-refractivity contribution < 1.29 is 0 Å². The molecule has 0 nitrogen and oxygen atoms in total.